The lowest BCUT2D eigenvalue weighted by atomic mass is 10.1. The predicted molar refractivity (Wildman–Crippen MR) is 111 cm³/mol. The molecule has 0 spiro atoms. The van der Waals surface area contributed by atoms with Crippen molar-refractivity contribution in [3.63, 3.8) is 0 Å². The number of rotatable bonds is 5. The maximum Gasteiger partial charge on any atom is 0.193 e. The zero-order valence-electron chi connectivity index (χ0n) is 15.0. The van der Waals surface area contributed by atoms with Crippen molar-refractivity contribution < 1.29 is 23.3 Å². The molecule has 0 aliphatic carbocycles. The van der Waals surface area contributed by atoms with Crippen molar-refractivity contribution in [2.24, 2.45) is 10.7 Å². The lowest BCUT2D eigenvalue weighted by Crippen LogP contribution is -2.22. The summed E-state index contributed by atoms with van der Waals surface area (Å²) in [6.07, 6.45) is 0. The first-order valence-electron chi connectivity index (χ1n) is 7.91. The zero-order valence-corrected chi connectivity index (χ0v) is 17.3. The molecule has 2 aromatic rings. The number of fused-ring (bicyclic) bond motifs is 1. The molecule has 1 heterocycles. The van der Waals surface area contributed by atoms with E-state index in [0.717, 1.165) is 0 Å². The van der Waals surface area contributed by atoms with Crippen molar-refractivity contribution in [1.29, 1.82) is 0 Å². The fourth-order valence-corrected chi connectivity index (χ4v) is 2.65. The number of nitrogens with one attached hydrogen (secondary N) is 1. The standard InChI is InChI=1S/C18H20FN3O4.HI/c1-23-15-4-3-14(7-16(15)24-2)22-18(20)21-8-11-5-13(19)6-12-9-25-10-26-17(11)12;/h3-7H,8-10H2,1-2H3,(H3,20,21,22);1H. The number of benzene rings is 2. The van der Waals surface area contributed by atoms with Crippen LogP contribution in [0.1, 0.15) is 11.1 Å². The maximum absolute atomic E-state index is 13.7. The number of nitrogens with zero attached hydrogens (tertiary/aromatic N) is 1. The Morgan fingerprint density at radius 1 is 1.22 bits per heavy atom. The Morgan fingerprint density at radius 3 is 2.74 bits per heavy atom. The van der Waals surface area contributed by atoms with Gasteiger partial charge < -0.3 is 30.0 Å². The SMILES string of the molecule is COc1ccc(NC(N)=NCc2cc(F)cc3c2OCOC3)cc1OC.I. The van der Waals surface area contributed by atoms with Gasteiger partial charge in [0, 0.05) is 22.9 Å². The van der Waals surface area contributed by atoms with E-state index in [0.29, 0.717) is 40.7 Å². The van der Waals surface area contributed by atoms with Gasteiger partial charge in [-0.1, -0.05) is 0 Å². The molecule has 0 saturated carbocycles. The number of ether oxygens (including phenoxy) is 4. The van der Waals surface area contributed by atoms with Gasteiger partial charge in [-0.15, -0.1) is 24.0 Å². The molecular formula is C18H21FIN3O4. The summed E-state index contributed by atoms with van der Waals surface area (Å²) in [6, 6.07) is 8.06. The number of hydrogen-bond acceptors (Lipinski definition) is 5. The smallest absolute Gasteiger partial charge is 0.193 e. The van der Waals surface area contributed by atoms with Gasteiger partial charge in [0.25, 0.3) is 0 Å². The highest BCUT2D eigenvalue weighted by Crippen LogP contribution is 2.31. The number of nitrogens with two attached hydrogens (primary N) is 1. The van der Waals surface area contributed by atoms with Crippen LogP contribution in [-0.4, -0.2) is 27.0 Å². The van der Waals surface area contributed by atoms with E-state index in [1.807, 2.05) is 0 Å². The molecule has 0 amide bonds. The Kier molecular flexibility index (Phi) is 7.48. The molecule has 0 aromatic heterocycles. The fourth-order valence-electron chi connectivity index (χ4n) is 2.65. The number of anilines is 1. The molecule has 0 bridgehead atoms. The van der Waals surface area contributed by atoms with E-state index < -0.39 is 0 Å². The lowest BCUT2D eigenvalue weighted by Gasteiger charge is -2.20. The summed E-state index contributed by atoms with van der Waals surface area (Å²) in [6.45, 7) is 0.615. The first-order chi connectivity index (χ1) is 12.6. The molecule has 3 rings (SSSR count). The minimum atomic E-state index is -0.366. The van der Waals surface area contributed by atoms with Crippen LogP contribution in [0.25, 0.3) is 0 Å². The summed E-state index contributed by atoms with van der Waals surface area (Å²) in [5.41, 5.74) is 7.90. The third-order valence-electron chi connectivity index (χ3n) is 3.83. The Labute approximate surface area is 173 Å². The average molecular weight is 489 g/mol. The van der Waals surface area contributed by atoms with Crippen molar-refractivity contribution in [3.8, 4) is 17.2 Å². The van der Waals surface area contributed by atoms with Crippen LogP contribution >= 0.6 is 24.0 Å². The number of aliphatic imine (C=N–C) groups is 1. The van der Waals surface area contributed by atoms with Gasteiger partial charge in [-0.05, 0) is 24.3 Å². The summed E-state index contributed by atoms with van der Waals surface area (Å²) in [5.74, 6) is 1.59. The number of hydrogen-bond donors (Lipinski definition) is 2. The van der Waals surface area contributed by atoms with Crippen LogP contribution in [0.15, 0.2) is 35.3 Å². The van der Waals surface area contributed by atoms with Crippen LogP contribution < -0.4 is 25.3 Å². The van der Waals surface area contributed by atoms with Gasteiger partial charge in [-0.3, -0.25) is 0 Å². The van der Waals surface area contributed by atoms with Gasteiger partial charge >= 0.3 is 0 Å². The van der Waals surface area contributed by atoms with E-state index in [1.165, 1.54) is 12.1 Å². The second-order valence-corrected chi connectivity index (χ2v) is 5.56. The molecule has 3 N–H and O–H groups in total. The summed E-state index contributed by atoms with van der Waals surface area (Å²) < 4.78 is 34.8. The van der Waals surface area contributed by atoms with E-state index in [1.54, 1.807) is 32.4 Å². The quantitative estimate of drug-likeness (QED) is 0.381. The van der Waals surface area contributed by atoms with E-state index in [9.17, 15) is 4.39 Å². The third-order valence-corrected chi connectivity index (χ3v) is 3.83. The van der Waals surface area contributed by atoms with Gasteiger partial charge in [-0.25, -0.2) is 9.38 Å². The van der Waals surface area contributed by atoms with E-state index in [2.05, 4.69) is 10.3 Å². The summed E-state index contributed by atoms with van der Waals surface area (Å²) in [7, 11) is 3.11. The molecule has 7 nitrogen and oxygen atoms in total. The van der Waals surface area contributed by atoms with Crippen LogP contribution in [-0.2, 0) is 17.9 Å². The van der Waals surface area contributed by atoms with Crippen LogP contribution in [0.5, 0.6) is 17.2 Å². The third kappa shape index (κ3) is 5.13. The molecule has 0 saturated heterocycles. The topological polar surface area (TPSA) is 87.3 Å². The van der Waals surface area contributed by atoms with Crippen LogP contribution in [0.4, 0.5) is 10.1 Å². The molecule has 0 unspecified atom stereocenters. The number of guanidine groups is 1. The van der Waals surface area contributed by atoms with Crippen molar-refractivity contribution in [1.82, 2.24) is 0 Å². The summed E-state index contributed by atoms with van der Waals surface area (Å²) >= 11 is 0. The van der Waals surface area contributed by atoms with Gasteiger partial charge in [0.15, 0.2) is 24.3 Å². The van der Waals surface area contributed by atoms with Gasteiger partial charge in [0.1, 0.15) is 11.6 Å². The largest absolute Gasteiger partial charge is 0.493 e. The highest BCUT2D eigenvalue weighted by Gasteiger charge is 2.16. The van der Waals surface area contributed by atoms with Crippen molar-refractivity contribution >= 4 is 35.6 Å². The molecule has 1 aliphatic heterocycles. The minimum absolute atomic E-state index is 0. The molecule has 0 fully saturated rings. The zero-order chi connectivity index (χ0) is 18.5. The monoisotopic (exact) mass is 489 g/mol. The normalized spacial score (nSPS) is 13.1. The number of methoxy groups -OCH3 is 2. The Morgan fingerprint density at radius 2 is 2.00 bits per heavy atom. The van der Waals surface area contributed by atoms with Crippen LogP contribution in [0.2, 0.25) is 0 Å². The Bertz CT molecular complexity index is 832. The van der Waals surface area contributed by atoms with Crippen molar-refractivity contribution in [2.45, 2.75) is 13.2 Å². The van der Waals surface area contributed by atoms with Crippen LogP contribution in [0.3, 0.4) is 0 Å². The highest BCUT2D eigenvalue weighted by atomic mass is 127. The first kappa shape index (κ1) is 21.0. The molecule has 27 heavy (non-hydrogen) atoms. The summed E-state index contributed by atoms with van der Waals surface area (Å²) in [5, 5.41) is 2.97. The Hall–Kier alpha value is -2.27. The van der Waals surface area contributed by atoms with E-state index >= 15 is 0 Å². The van der Waals surface area contributed by atoms with E-state index in [-0.39, 0.29) is 49.1 Å². The molecule has 1 aliphatic rings. The van der Waals surface area contributed by atoms with Crippen LogP contribution in [0, 0.1) is 5.82 Å². The second kappa shape index (κ2) is 9.60. The molecule has 9 heteroatoms. The molecular weight excluding hydrogens is 468 g/mol. The second-order valence-electron chi connectivity index (χ2n) is 5.56. The predicted octanol–water partition coefficient (Wildman–Crippen LogP) is 3.25. The summed E-state index contributed by atoms with van der Waals surface area (Å²) in [4.78, 5) is 4.26. The van der Waals surface area contributed by atoms with Gasteiger partial charge in [-0.2, -0.15) is 0 Å². The maximum atomic E-state index is 13.7. The number of halogens is 2. The van der Waals surface area contributed by atoms with Crippen molar-refractivity contribution in [2.75, 3.05) is 26.3 Å². The first-order valence-corrected chi connectivity index (χ1v) is 7.91. The van der Waals surface area contributed by atoms with E-state index in [4.69, 9.17) is 24.7 Å². The highest BCUT2D eigenvalue weighted by molar-refractivity contribution is 14.0. The Balaban J connectivity index is 0.00000261. The molecule has 0 radical (unpaired) electrons. The molecule has 146 valence electrons. The fraction of sp³-hybridized carbons (Fsp3) is 0.278. The average Bonchev–Trinajstić information content (AvgIpc) is 2.65. The minimum Gasteiger partial charge on any atom is -0.493 e. The van der Waals surface area contributed by atoms with Crippen molar-refractivity contribution in [3.05, 3.63) is 47.3 Å². The lowest BCUT2D eigenvalue weighted by molar-refractivity contribution is -0.0172. The molecule has 2 aromatic carbocycles. The van der Waals surface area contributed by atoms with Gasteiger partial charge in [0.2, 0.25) is 0 Å². The molecule has 0 atom stereocenters. The van der Waals surface area contributed by atoms with Gasteiger partial charge in [0.05, 0.1) is 27.4 Å².